The van der Waals surface area contributed by atoms with E-state index in [2.05, 4.69) is 5.32 Å². The van der Waals surface area contributed by atoms with Gasteiger partial charge in [-0.3, -0.25) is 4.79 Å². The van der Waals surface area contributed by atoms with E-state index < -0.39 is 5.54 Å². The lowest BCUT2D eigenvalue weighted by Crippen LogP contribution is -2.59. The molecule has 0 radical (unpaired) electrons. The molecule has 1 heterocycles. The van der Waals surface area contributed by atoms with Crippen LogP contribution in [0.3, 0.4) is 0 Å². The van der Waals surface area contributed by atoms with Crippen LogP contribution in [0.4, 0.5) is 4.79 Å². The number of likely N-dealkylation sites (N-methyl/N-ethyl adjacent to an activating group) is 1. The standard InChI is InChI=1S/C12H24N4O2/c1-12(2,13-3)10(17)15-6-8-16(9-7-15)11(18)14(4)5/h13H,6-9H2,1-5H3. The van der Waals surface area contributed by atoms with Crippen molar-refractivity contribution in [3.05, 3.63) is 0 Å². The first-order valence-corrected chi connectivity index (χ1v) is 6.24. The van der Waals surface area contributed by atoms with Crippen LogP contribution in [0, 0.1) is 0 Å². The third-order valence-electron chi connectivity index (χ3n) is 3.38. The molecular weight excluding hydrogens is 232 g/mol. The third-order valence-corrected chi connectivity index (χ3v) is 3.38. The monoisotopic (exact) mass is 256 g/mol. The first kappa shape index (κ1) is 14.8. The lowest BCUT2D eigenvalue weighted by molar-refractivity contribution is -0.138. The molecule has 0 bridgehead atoms. The van der Waals surface area contributed by atoms with Gasteiger partial charge in [-0.15, -0.1) is 0 Å². The minimum absolute atomic E-state index is 0.00924. The van der Waals surface area contributed by atoms with E-state index >= 15 is 0 Å². The summed E-state index contributed by atoms with van der Waals surface area (Å²) >= 11 is 0. The predicted octanol–water partition coefficient (Wildman–Crippen LogP) is -0.190. The molecular formula is C12H24N4O2. The fourth-order valence-electron chi connectivity index (χ4n) is 1.89. The van der Waals surface area contributed by atoms with Gasteiger partial charge in [0.2, 0.25) is 5.91 Å². The summed E-state index contributed by atoms with van der Waals surface area (Å²) in [4.78, 5) is 29.1. The third kappa shape index (κ3) is 3.13. The highest BCUT2D eigenvalue weighted by molar-refractivity contribution is 5.85. The van der Waals surface area contributed by atoms with Gasteiger partial charge in [-0.2, -0.15) is 0 Å². The zero-order valence-electron chi connectivity index (χ0n) is 12.0. The molecule has 104 valence electrons. The highest BCUT2D eigenvalue weighted by Gasteiger charge is 2.33. The Bertz CT molecular complexity index is 320. The normalized spacial score (nSPS) is 16.7. The molecule has 6 heteroatoms. The van der Waals surface area contributed by atoms with Gasteiger partial charge in [-0.25, -0.2) is 4.79 Å². The lowest BCUT2D eigenvalue weighted by atomic mass is 10.0. The molecule has 1 N–H and O–H groups in total. The van der Waals surface area contributed by atoms with Crippen LogP contribution in [0.1, 0.15) is 13.8 Å². The number of carbonyl (C=O) groups excluding carboxylic acids is 2. The number of hydrogen-bond acceptors (Lipinski definition) is 3. The molecule has 0 aromatic carbocycles. The van der Waals surface area contributed by atoms with E-state index in [0.717, 1.165) is 0 Å². The van der Waals surface area contributed by atoms with Crippen LogP contribution in [0.5, 0.6) is 0 Å². The summed E-state index contributed by atoms with van der Waals surface area (Å²) in [7, 11) is 5.26. The highest BCUT2D eigenvalue weighted by atomic mass is 16.2. The summed E-state index contributed by atoms with van der Waals surface area (Å²) in [5.74, 6) is 0.0851. The van der Waals surface area contributed by atoms with Gasteiger partial charge in [0.1, 0.15) is 0 Å². The van der Waals surface area contributed by atoms with Crippen LogP contribution in [0.2, 0.25) is 0 Å². The second-order valence-electron chi connectivity index (χ2n) is 5.33. The van der Waals surface area contributed by atoms with E-state index in [0.29, 0.717) is 26.2 Å². The number of urea groups is 1. The van der Waals surface area contributed by atoms with Gasteiger partial charge < -0.3 is 20.0 Å². The van der Waals surface area contributed by atoms with Crippen LogP contribution < -0.4 is 5.32 Å². The van der Waals surface area contributed by atoms with Crippen LogP contribution in [0.15, 0.2) is 0 Å². The lowest BCUT2D eigenvalue weighted by Gasteiger charge is -2.39. The Morgan fingerprint density at radius 3 is 1.89 bits per heavy atom. The van der Waals surface area contributed by atoms with Gasteiger partial charge in [0.05, 0.1) is 5.54 Å². The Morgan fingerprint density at radius 1 is 1.06 bits per heavy atom. The minimum atomic E-state index is -0.548. The topological polar surface area (TPSA) is 55.9 Å². The SMILES string of the molecule is CNC(C)(C)C(=O)N1CCN(C(=O)N(C)C)CC1. The van der Waals surface area contributed by atoms with Gasteiger partial charge in [0, 0.05) is 40.3 Å². The first-order valence-electron chi connectivity index (χ1n) is 6.24. The minimum Gasteiger partial charge on any atom is -0.338 e. The van der Waals surface area contributed by atoms with Crippen molar-refractivity contribution in [3.63, 3.8) is 0 Å². The largest absolute Gasteiger partial charge is 0.338 e. The molecule has 0 saturated carbocycles. The van der Waals surface area contributed by atoms with Crippen LogP contribution >= 0.6 is 0 Å². The molecule has 0 spiro atoms. The number of nitrogens with one attached hydrogen (secondary N) is 1. The quantitative estimate of drug-likeness (QED) is 0.745. The van der Waals surface area contributed by atoms with Crippen molar-refractivity contribution in [2.24, 2.45) is 0 Å². The number of hydrogen-bond donors (Lipinski definition) is 1. The Morgan fingerprint density at radius 2 is 1.50 bits per heavy atom. The molecule has 0 unspecified atom stereocenters. The van der Waals surface area contributed by atoms with Gasteiger partial charge in [-0.1, -0.05) is 0 Å². The molecule has 6 nitrogen and oxygen atoms in total. The molecule has 0 aromatic heterocycles. The van der Waals surface area contributed by atoms with Gasteiger partial charge in [-0.05, 0) is 20.9 Å². The van der Waals surface area contributed by atoms with Gasteiger partial charge in [0.25, 0.3) is 0 Å². The van der Waals surface area contributed by atoms with Crippen molar-refractivity contribution in [1.82, 2.24) is 20.0 Å². The summed E-state index contributed by atoms with van der Waals surface area (Å²) < 4.78 is 0. The van der Waals surface area contributed by atoms with E-state index in [-0.39, 0.29) is 11.9 Å². The molecule has 1 saturated heterocycles. The maximum absolute atomic E-state index is 12.2. The molecule has 3 amide bonds. The molecule has 1 fully saturated rings. The molecule has 1 aliphatic heterocycles. The Hall–Kier alpha value is -1.30. The van der Waals surface area contributed by atoms with Crippen LogP contribution in [-0.2, 0) is 4.79 Å². The van der Waals surface area contributed by atoms with Crippen molar-refractivity contribution in [1.29, 1.82) is 0 Å². The van der Waals surface area contributed by atoms with Gasteiger partial charge in [0.15, 0.2) is 0 Å². The first-order chi connectivity index (χ1) is 8.29. The second-order valence-corrected chi connectivity index (χ2v) is 5.33. The average Bonchev–Trinajstić information content (AvgIpc) is 2.37. The molecule has 18 heavy (non-hydrogen) atoms. The van der Waals surface area contributed by atoms with Crippen molar-refractivity contribution >= 4 is 11.9 Å². The van der Waals surface area contributed by atoms with E-state index in [4.69, 9.17) is 0 Å². The number of nitrogens with zero attached hydrogens (tertiary/aromatic N) is 3. The smallest absolute Gasteiger partial charge is 0.319 e. The summed E-state index contributed by atoms with van der Waals surface area (Å²) in [6.45, 7) is 6.14. The Kier molecular flexibility index (Phi) is 4.56. The molecule has 1 rings (SSSR count). The van der Waals surface area contributed by atoms with E-state index in [1.807, 2.05) is 18.7 Å². The van der Waals surface area contributed by atoms with Crippen molar-refractivity contribution < 1.29 is 9.59 Å². The number of rotatable bonds is 2. The van der Waals surface area contributed by atoms with E-state index in [9.17, 15) is 9.59 Å². The summed E-state index contributed by atoms with van der Waals surface area (Å²) in [5, 5.41) is 3.01. The maximum atomic E-state index is 12.2. The zero-order chi connectivity index (χ0) is 13.9. The zero-order valence-corrected chi connectivity index (χ0v) is 12.0. The Balaban J connectivity index is 2.54. The Labute approximate surface area is 109 Å². The van der Waals surface area contributed by atoms with Crippen molar-refractivity contribution in [3.8, 4) is 0 Å². The highest BCUT2D eigenvalue weighted by Crippen LogP contribution is 2.11. The molecule has 0 aliphatic carbocycles. The van der Waals surface area contributed by atoms with Crippen LogP contribution in [-0.4, -0.2) is 79.5 Å². The molecule has 0 atom stereocenters. The molecule has 1 aliphatic rings. The summed E-state index contributed by atoms with van der Waals surface area (Å²) in [6, 6.07) is 0.00924. The molecule has 0 aromatic rings. The van der Waals surface area contributed by atoms with E-state index in [1.165, 1.54) is 0 Å². The number of carbonyl (C=O) groups is 2. The second kappa shape index (κ2) is 5.56. The summed E-state index contributed by atoms with van der Waals surface area (Å²) in [6.07, 6.45) is 0. The fourth-order valence-corrected chi connectivity index (χ4v) is 1.89. The van der Waals surface area contributed by atoms with Gasteiger partial charge >= 0.3 is 6.03 Å². The van der Waals surface area contributed by atoms with Crippen LogP contribution in [0.25, 0.3) is 0 Å². The van der Waals surface area contributed by atoms with Crippen molar-refractivity contribution in [2.75, 3.05) is 47.3 Å². The number of piperazine rings is 1. The summed E-state index contributed by atoms with van der Waals surface area (Å²) in [5.41, 5.74) is -0.548. The fraction of sp³-hybridized carbons (Fsp3) is 0.833. The predicted molar refractivity (Wildman–Crippen MR) is 70.4 cm³/mol. The average molecular weight is 256 g/mol. The van der Waals surface area contributed by atoms with Crippen molar-refractivity contribution in [2.45, 2.75) is 19.4 Å². The van der Waals surface area contributed by atoms with E-state index in [1.54, 1.807) is 30.9 Å². The maximum Gasteiger partial charge on any atom is 0.319 e. The number of amides is 3.